The molecule has 2 rings (SSSR count). The Morgan fingerprint density at radius 3 is 2.28 bits per heavy atom. The van der Waals surface area contributed by atoms with Crippen molar-refractivity contribution in [1.82, 2.24) is 0 Å². The summed E-state index contributed by atoms with van der Waals surface area (Å²) < 4.78 is 26.5. The third-order valence-electron chi connectivity index (χ3n) is 3.15. The summed E-state index contributed by atoms with van der Waals surface area (Å²) >= 11 is 6.05. The van der Waals surface area contributed by atoms with Gasteiger partial charge >= 0.3 is 0 Å². The Kier molecular flexibility index (Phi) is 3.79. The Hall–Kier alpha value is -0.480. The second-order valence-electron chi connectivity index (χ2n) is 4.40. The highest BCUT2D eigenvalue weighted by Crippen LogP contribution is 2.46. The predicted octanol–water partition coefficient (Wildman–Crippen LogP) is 5.48. The van der Waals surface area contributed by atoms with Crippen molar-refractivity contribution in [3.63, 3.8) is 0 Å². The van der Waals surface area contributed by atoms with E-state index in [1.54, 1.807) is 12.1 Å². The van der Waals surface area contributed by atoms with Crippen molar-refractivity contribution in [1.29, 1.82) is 0 Å². The zero-order valence-corrected chi connectivity index (χ0v) is 12.9. The minimum atomic E-state index is -2.87. The van der Waals surface area contributed by atoms with Crippen LogP contribution < -0.4 is 0 Å². The second kappa shape index (κ2) is 4.89. The fourth-order valence-corrected chi connectivity index (χ4v) is 3.14. The molecule has 18 heavy (non-hydrogen) atoms. The average Bonchev–Trinajstić information content (AvgIpc) is 2.37. The largest absolute Gasteiger partial charge is 0.276 e. The van der Waals surface area contributed by atoms with E-state index in [1.165, 1.54) is 6.92 Å². The van der Waals surface area contributed by atoms with Gasteiger partial charge in [0, 0.05) is 0 Å². The molecule has 0 aliphatic heterocycles. The number of rotatable bonds is 3. The third-order valence-corrected chi connectivity index (χ3v) is 4.89. The van der Waals surface area contributed by atoms with E-state index in [0.29, 0.717) is 5.56 Å². The summed E-state index contributed by atoms with van der Waals surface area (Å²) in [6.07, 6.45) is 0. The van der Waals surface area contributed by atoms with Crippen LogP contribution in [0.25, 0.3) is 10.8 Å². The van der Waals surface area contributed by atoms with E-state index < -0.39 is 10.2 Å². The molecule has 0 heterocycles. The molecule has 0 aliphatic rings. The predicted molar refractivity (Wildman–Crippen MR) is 79.0 cm³/mol. The molecule has 0 bridgehead atoms. The zero-order valence-electron chi connectivity index (χ0n) is 9.76. The molecular weight excluding hydrogens is 366 g/mol. The van der Waals surface area contributed by atoms with Crippen LogP contribution in [0.2, 0.25) is 0 Å². The average molecular weight is 378 g/mol. The topological polar surface area (TPSA) is 0 Å². The molecule has 96 valence electrons. The first-order valence-electron chi connectivity index (χ1n) is 5.50. The van der Waals surface area contributed by atoms with Gasteiger partial charge in [0.25, 0.3) is 5.92 Å². The highest BCUT2D eigenvalue weighted by atomic mass is 79.9. The Morgan fingerprint density at radius 2 is 1.67 bits per heavy atom. The van der Waals surface area contributed by atoms with Crippen LogP contribution >= 0.6 is 31.9 Å². The molecule has 0 saturated carbocycles. The molecule has 2 aromatic carbocycles. The van der Waals surface area contributed by atoms with Gasteiger partial charge in [0.05, 0.1) is 5.33 Å². The fourth-order valence-electron chi connectivity index (χ4n) is 1.82. The molecule has 0 aromatic heterocycles. The molecule has 0 radical (unpaired) electrons. The Morgan fingerprint density at radius 1 is 1.06 bits per heavy atom. The van der Waals surface area contributed by atoms with E-state index in [1.807, 2.05) is 30.3 Å². The van der Waals surface area contributed by atoms with Crippen LogP contribution in [0.4, 0.5) is 8.78 Å². The summed E-state index contributed by atoms with van der Waals surface area (Å²) in [5, 5.41) is 1.63. The number of alkyl halides is 4. The van der Waals surface area contributed by atoms with Crippen LogP contribution in [-0.2, 0) is 4.32 Å². The van der Waals surface area contributed by atoms with Crippen molar-refractivity contribution in [3.05, 3.63) is 48.0 Å². The van der Waals surface area contributed by atoms with E-state index in [4.69, 9.17) is 0 Å². The molecule has 0 N–H and O–H groups in total. The maximum atomic E-state index is 13.9. The van der Waals surface area contributed by atoms with Crippen LogP contribution in [0.3, 0.4) is 0 Å². The fraction of sp³-hybridized carbons (Fsp3) is 0.286. The lowest BCUT2D eigenvalue weighted by atomic mass is 9.93. The van der Waals surface area contributed by atoms with Gasteiger partial charge < -0.3 is 0 Å². The van der Waals surface area contributed by atoms with Gasteiger partial charge in [0.2, 0.25) is 0 Å². The number of hydrogen-bond donors (Lipinski definition) is 0. The zero-order chi connectivity index (χ0) is 13.4. The van der Waals surface area contributed by atoms with Gasteiger partial charge in [0.15, 0.2) is 0 Å². The summed E-state index contributed by atoms with van der Waals surface area (Å²) in [5.41, 5.74) is 0.575. The maximum absolute atomic E-state index is 13.9. The van der Waals surface area contributed by atoms with Crippen molar-refractivity contribution in [3.8, 4) is 0 Å². The quantitative estimate of drug-likeness (QED) is 0.621. The second-order valence-corrected chi connectivity index (χ2v) is 6.55. The number of fused-ring (bicyclic) bond motifs is 1. The normalized spacial score (nSPS) is 15.6. The van der Waals surface area contributed by atoms with E-state index in [2.05, 4.69) is 31.9 Å². The van der Waals surface area contributed by atoms with E-state index in [-0.39, 0.29) is 5.33 Å². The number of benzene rings is 2. The number of halogens is 4. The van der Waals surface area contributed by atoms with E-state index in [0.717, 1.165) is 10.8 Å². The van der Waals surface area contributed by atoms with Gasteiger partial charge in [-0.15, -0.1) is 0 Å². The Balaban J connectivity index is 2.54. The minimum Gasteiger partial charge on any atom is -0.204 e. The van der Waals surface area contributed by atoms with Gasteiger partial charge in [-0.05, 0) is 29.3 Å². The first-order valence-corrected chi connectivity index (χ1v) is 7.42. The van der Waals surface area contributed by atoms with Gasteiger partial charge in [-0.1, -0.05) is 68.3 Å². The molecule has 0 saturated heterocycles. The SMILES string of the molecule is CC(Br)(c1ccc2ccccc2c1)C(F)(F)CBr. The first kappa shape index (κ1) is 13.9. The summed E-state index contributed by atoms with van der Waals surface area (Å²) in [7, 11) is 0. The lowest BCUT2D eigenvalue weighted by Crippen LogP contribution is -2.39. The molecule has 0 aliphatic carbocycles. The highest BCUT2D eigenvalue weighted by molar-refractivity contribution is 9.10. The number of hydrogen-bond acceptors (Lipinski definition) is 0. The summed E-state index contributed by atoms with van der Waals surface area (Å²) in [6, 6.07) is 13.1. The summed E-state index contributed by atoms with van der Waals surface area (Å²) in [5.74, 6) is -2.87. The lowest BCUT2D eigenvalue weighted by molar-refractivity contribution is -0.00711. The van der Waals surface area contributed by atoms with Crippen molar-refractivity contribution in [2.24, 2.45) is 0 Å². The Bertz CT molecular complexity index is 564. The Labute approximate surface area is 122 Å². The van der Waals surface area contributed by atoms with Gasteiger partial charge in [-0.25, -0.2) is 8.78 Å². The van der Waals surface area contributed by atoms with E-state index >= 15 is 0 Å². The third kappa shape index (κ3) is 2.32. The molecule has 2 aromatic rings. The van der Waals surface area contributed by atoms with Crippen molar-refractivity contribution >= 4 is 42.6 Å². The van der Waals surface area contributed by atoms with Crippen LogP contribution in [0, 0.1) is 0 Å². The van der Waals surface area contributed by atoms with Gasteiger partial charge in [-0.2, -0.15) is 0 Å². The van der Waals surface area contributed by atoms with Gasteiger partial charge in [0.1, 0.15) is 4.32 Å². The van der Waals surface area contributed by atoms with Crippen LogP contribution in [0.1, 0.15) is 12.5 Å². The lowest BCUT2D eigenvalue weighted by Gasteiger charge is -2.31. The first-order chi connectivity index (χ1) is 8.38. The standard InChI is InChI=1S/C14H12Br2F2/c1-13(16,14(17,18)9-15)12-7-6-10-4-2-3-5-11(10)8-12/h2-8H,9H2,1H3. The molecule has 4 heteroatoms. The smallest absolute Gasteiger partial charge is 0.204 e. The molecule has 1 unspecified atom stereocenters. The molecule has 0 spiro atoms. The van der Waals surface area contributed by atoms with Crippen molar-refractivity contribution in [2.45, 2.75) is 17.2 Å². The van der Waals surface area contributed by atoms with E-state index in [9.17, 15) is 8.78 Å². The minimum absolute atomic E-state index is 0.380. The molecule has 0 fully saturated rings. The van der Waals surface area contributed by atoms with Gasteiger partial charge in [-0.3, -0.25) is 0 Å². The highest BCUT2D eigenvalue weighted by Gasteiger charge is 2.48. The monoisotopic (exact) mass is 376 g/mol. The van der Waals surface area contributed by atoms with Crippen LogP contribution in [0.5, 0.6) is 0 Å². The van der Waals surface area contributed by atoms with Crippen molar-refractivity contribution in [2.75, 3.05) is 5.33 Å². The molecular formula is C14H12Br2F2. The molecule has 1 atom stereocenters. The summed E-state index contributed by atoms with van der Waals surface area (Å²) in [6.45, 7) is 1.50. The summed E-state index contributed by atoms with van der Waals surface area (Å²) in [4.78, 5) is 0. The van der Waals surface area contributed by atoms with Crippen molar-refractivity contribution < 1.29 is 8.78 Å². The maximum Gasteiger partial charge on any atom is 0.276 e. The molecule has 0 amide bonds. The van der Waals surface area contributed by atoms with Crippen LogP contribution in [0.15, 0.2) is 42.5 Å². The molecule has 0 nitrogen and oxygen atoms in total. The van der Waals surface area contributed by atoms with Crippen LogP contribution in [-0.4, -0.2) is 11.3 Å².